The number of anilines is 1. The van der Waals surface area contributed by atoms with Crippen molar-refractivity contribution in [3.05, 3.63) is 28.7 Å². The van der Waals surface area contributed by atoms with Gasteiger partial charge >= 0.3 is 5.69 Å². The van der Waals surface area contributed by atoms with Gasteiger partial charge in [0, 0.05) is 17.8 Å². The summed E-state index contributed by atoms with van der Waals surface area (Å²) in [6.07, 6.45) is 2.22. The van der Waals surface area contributed by atoms with E-state index in [4.69, 9.17) is 0 Å². The smallest absolute Gasteiger partial charge is 0.289 e. The van der Waals surface area contributed by atoms with E-state index in [1.807, 2.05) is 55.0 Å². The van der Waals surface area contributed by atoms with E-state index >= 15 is 0 Å². The number of hydrogen-bond donors (Lipinski definition) is 1. The fraction of sp³-hybridized carbons (Fsp3) is 0.500. The number of rotatable bonds is 4. The summed E-state index contributed by atoms with van der Waals surface area (Å²) in [5.41, 5.74) is 7.03. The summed E-state index contributed by atoms with van der Waals surface area (Å²) >= 11 is 0. The van der Waals surface area contributed by atoms with Crippen LogP contribution in [-0.4, -0.2) is 14.8 Å². The van der Waals surface area contributed by atoms with Gasteiger partial charge in [-0.15, -0.1) is 0 Å². The highest BCUT2D eigenvalue weighted by molar-refractivity contribution is 5.82. The highest BCUT2D eigenvalue weighted by Gasteiger charge is 2.29. The van der Waals surface area contributed by atoms with Gasteiger partial charge in [-0.3, -0.25) is 14.6 Å². The van der Waals surface area contributed by atoms with Gasteiger partial charge in [-0.25, -0.2) is 4.79 Å². The number of hydrazone groups is 1. The normalized spacial score (nSPS) is 14.7. The van der Waals surface area contributed by atoms with Crippen LogP contribution >= 0.6 is 0 Å². The Balaban J connectivity index is 2.17. The first-order valence-corrected chi connectivity index (χ1v) is 7.52. The summed E-state index contributed by atoms with van der Waals surface area (Å²) in [6, 6.07) is 6.55. The Morgan fingerprint density at radius 1 is 1.29 bits per heavy atom. The number of aromatic nitrogens is 2. The average molecular weight is 286 g/mol. The first-order valence-electron chi connectivity index (χ1n) is 7.52. The second-order valence-corrected chi connectivity index (χ2v) is 6.22. The number of nitrogens with one attached hydrogen (secondary N) is 1. The lowest BCUT2D eigenvalue weighted by Gasteiger charge is -2.08. The Labute approximate surface area is 124 Å². The molecule has 0 atom stereocenters. The molecule has 1 fully saturated rings. The van der Waals surface area contributed by atoms with Crippen LogP contribution in [0.2, 0.25) is 0 Å². The number of imidazole rings is 1. The Morgan fingerprint density at radius 2 is 2.00 bits per heavy atom. The molecule has 5 nitrogen and oxygen atoms in total. The first kappa shape index (κ1) is 13.9. The third kappa shape index (κ3) is 2.48. The molecule has 112 valence electrons. The minimum Gasteiger partial charge on any atom is -0.289 e. The summed E-state index contributed by atoms with van der Waals surface area (Å²) < 4.78 is 3.83. The van der Waals surface area contributed by atoms with Gasteiger partial charge in [-0.2, -0.15) is 5.10 Å². The van der Waals surface area contributed by atoms with E-state index in [1.165, 1.54) is 0 Å². The zero-order valence-electron chi connectivity index (χ0n) is 13.1. The molecule has 0 saturated heterocycles. The third-order valence-electron chi connectivity index (χ3n) is 3.74. The van der Waals surface area contributed by atoms with Crippen molar-refractivity contribution >= 4 is 22.4 Å². The fourth-order valence-corrected chi connectivity index (χ4v) is 2.67. The number of hydrogen-bond acceptors (Lipinski definition) is 3. The lowest BCUT2D eigenvalue weighted by atomic mass is 10.2. The Morgan fingerprint density at radius 3 is 2.57 bits per heavy atom. The van der Waals surface area contributed by atoms with Crippen LogP contribution in [0.5, 0.6) is 0 Å². The lowest BCUT2D eigenvalue weighted by molar-refractivity contribution is 0.568. The minimum atomic E-state index is 0.106. The van der Waals surface area contributed by atoms with Crippen molar-refractivity contribution in [2.45, 2.75) is 52.6 Å². The van der Waals surface area contributed by atoms with Crippen molar-refractivity contribution in [2.75, 3.05) is 5.43 Å². The largest absolute Gasteiger partial charge is 0.329 e. The molecule has 0 spiro atoms. The summed E-state index contributed by atoms with van der Waals surface area (Å²) in [6.45, 7) is 7.98. The molecule has 0 bridgehead atoms. The molecule has 3 rings (SSSR count). The molecule has 1 aromatic carbocycles. The number of benzene rings is 1. The molecule has 1 heterocycles. The molecular weight excluding hydrogens is 264 g/mol. The van der Waals surface area contributed by atoms with Crippen LogP contribution in [0.25, 0.3) is 11.0 Å². The highest BCUT2D eigenvalue weighted by atomic mass is 16.1. The van der Waals surface area contributed by atoms with Crippen molar-refractivity contribution in [1.82, 2.24) is 9.13 Å². The van der Waals surface area contributed by atoms with Crippen LogP contribution in [0.1, 0.15) is 52.6 Å². The molecule has 0 radical (unpaired) electrons. The molecule has 1 N–H and O–H groups in total. The number of fused-ring (bicyclic) bond motifs is 1. The summed E-state index contributed by atoms with van der Waals surface area (Å²) in [4.78, 5) is 12.7. The van der Waals surface area contributed by atoms with Crippen LogP contribution in [0.15, 0.2) is 28.1 Å². The van der Waals surface area contributed by atoms with E-state index in [1.54, 1.807) is 0 Å². The number of nitrogens with zero attached hydrogens (tertiary/aromatic N) is 3. The SMILES string of the molecule is CC(C)=NNc1ccc2c(c1)n(C(C)C)c(=O)n2C1CC1. The van der Waals surface area contributed by atoms with Crippen LogP contribution in [-0.2, 0) is 0 Å². The van der Waals surface area contributed by atoms with E-state index < -0.39 is 0 Å². The minimum absolute atomic E-state index is 0.106. The maximum atomic E-state index is 12.7. The van der Waals surface area contributed by atoms with E-state index in [-0.39, 0.29) is 11.7 Å². The maximum Gasteiger partial charge on any atom is 0.329 e. The van der Waals surface area contributed by atoms with Crippen molar-refractivity contribution in [1.29, 1.82) is 0 Å². The quantitative estimate of drug-likeness (QED) is 0.690. The van der Waals surface area contributed by atoms with Crippen LogP contribution in [0.4, 0.5) is 5.69 Å². The van der Waals surface area contributed by atoms with Crippen LogP contribution < -0.4 is 11.1 Å². The second kappa shape index (κ2) is 5.06. The van der Waals surface area contributed by atoms with Gasteiger partial charge in [-0.05, 0) is 58.7 Å². The van der Waals surface area contributed by atoms with Gasteiger partial charge in [0.1, 0.15) is 0 Å². The van der Waals surface area contributed by atoms with Gasteiger partial charge in [0.2, 0.25) is 0 Å². The molecule has 1 aromatic heterocycles. The van der Waals surface area contributed by atoms with Crippen LogP contribution in [0, 0.1) is 0 Å². The third-order valence-corrected chi connectivity index (χ3v) is 3.74. The van der Waals surface area contributed by atoms with E-state index in [0.717, 1.165) is 35.3 Å². The van der Waals surface area contributed by atoms with Crippen LogP contribution in [0.3, 0.4) is 0 Å². The van der Waals surface area contributed by atoms with Crippen molar-refractivity contribution in [3.63, 3.8) is 0 Å². The summed E-state index contributed by atoms with van der Waals surface area (Å²) in [7, 11) is 0. The molecule has 5 heteroatoms. The van der Waals surface area contributed by atoms with E-state index in [2.05, 4.69) is 10.5 Å². The van der Waals surface area contributed by atoms with Crippen molar-refractivity contribution < 1.29 is 0 Å². The predicted octanol–water partition coefficient (Wildman–Crippen LogP) is 3.53. The fourth-order valence-electron chi connectivity index (χ4n) is 2.67. The molecule has 2 aromatic rings. The van der Waals surface area contributed by atoms with Crippen molar-refractivity contribution in [3.8, 4) is 0 Å². The topological polar surface area (TPSA) is 51.3 Å². The van der Waals surface area contributed by atoms with Crippen molar-refractivity contribution in [2.24, 2.45) is 5.10 Å². The highest BCUT2D eigenvalue weighted by Crippen LogP contribution is 2.37. The average Bonchev–Trinajstić information content (AvgIpc) is 3.19. The molecule has 0 aliphatic heterocycles. The lowest BCUT2D eigenvalue weighted by Crippen LogP contribution is -2.24. The standard InChI is InChI=1S/C16H22N4O/c1-10(2)17-18-12-5-8-14-15(9-12)19(11(3)4)16(21)20(14)13-6-7-13/h5,8-9,11,13,18H,6-7H2,1-4H3. The Hall–Kier alpha value is -2.04. The van der Waals surface area contributed by atoms with Gasteiger partial charge < -0.3 is 0 Å². The van der Waals surface area contributed by atoms with E-state index in [0.29, 0.717) is 6.04 Å². The molecular formula is C16H22N4O. The zero-order chi connectivity index (χ0) is 15.1. The zero-order valence-corrected chi connectivity index (χ0v) is 13.1. The predicted molar refractivity (Wildman–Crippen MR) is 87.3 cm³/mol. The molecule has 21 heavy (non-hydrogen) atoms. The summed E-state index contributed by atoms with van der Waals surface area (Å²) in [5.74, 6) is 0. The van der Waals surface area contributed by atoms with Gasteiger partial charge in [0.05, 0.1) is 16.7 Å². The maximum absolute atomic E-state index is 12.7. The van der Waals surface area contributed by atoms with Gasteiger partial charge in [0.25, 0.3) is 0 Å². The Kier molecular flexibility index (Phi) is 3.35. The monoisotopic (exact) mass is 286 g/mol. The molecule has 0 amide bonds. The van der Waals surface area contributed by atoms with E-state index in [9.17, 15) is 4.79 Å². The molecule has 1 aliphatic carbocycles. The molecule has 1 saturated carbocycles. The van der Waals surface area contributed by atoms with Gasteiger partial charge in [-0.1, -0.05) is 0 Å². The molecule has 1 aliphatic rings. The summed E-state index contributed by atoms with van der Waals surface area (Å²) in [5, 5.41) is 4.23. The second-order valence-electron chi connectivity index (χ2n) is 6.22. The molecule has 0 unspecified atom stereocenters. The Bertz CT molecular complexity index is 758. The first-order chi connectivity index (χ1) is 9.99. The van der Waals surface area contributed by atoms with Gasteiger partial charge in [0.15, 0.2) is 0 Å².